The molecule has 0 aromatic heterocycles. The highest BCUT2D eigenvalue weighted by atomic mass is 16.5. The Labute approximate surface area is 124 Å². The van der Waals surface area contributed by atoms with Crippen molar-refractivity contribution in [1.29, 1.82) is 0 Å². The number of benzene rings is 1. The van der Waals surface area contributed by atoms with Crippen molar-refractivity contribution in [3.05, 3.63) is 29.8 Å². The maximum Gasteiger partial charge on any atom is 0.254 e. The summed E-state index contributed by atoms with van der Waals surface area (Å²) in [4.78, 5) is 14.1. The normalized spacial score (nSPS) is 22.1. The van der Waals surface area contributed by atoms with Crippen LogP contribution < -0.4 is 4.74 Å². The lowest BCUT2D eigenvalue weighted by molar-refractivity contribution is -0.0541. The van der Waals surface area contributed by atoms with Crippen molar-refractivity contribution in [2.75, 3.05) is 40.0 Å². The molecule has 5 nitrogen and oxygen atoms in total. The fraction of sp³-hybridized carbons (Fsp3) is 0.562. The zero-order chi connectivity index (χ0) is 14.7. The average molecular weight is 291 g/mol. The van der Waals surface area contributed by atoms with Gasteiger partial charge in [-0.3, -0.25) is 4.79 Å². The number of nitrogens with zero attached hydrogens (tertiary/aromatic N) is 1. The van der Waals surface area contributed by atoms with Gasteiger partial charge in [-0.15, -0.1) is 0 Å². The highest BCUT2D eigenvalue weighted by Gasteiger charge is 2.32. The van der Waals surface area contributed by atoms with Gasteiger partial charge < -0.3 is 19.1 Å². The summed E-state index contributed by atoms with van der Waals surface area (Å²) in [5.74, 6) is 1.27. The Hall–Kier alpha value is -1.59. The van der Waals surface area contributed by atoms with Gasteiger partial charge >= 0.3 is 0 Å². The van der Waals surface area contributed by atoms with Crippen LogP contribution in [0.4, 0.5) is 0 Å². The number of hydrogen-bond donors (Lipinski definition) is 0. The maximum absolute atomic E-state index is 12.3. The molecule has 1 atom stereocenters. The van der Waals surface area contributed by atoms with Gasteiger partial charge in [-0.25, -0.2) is 0 Å². The number of hydrogen-bond acceptors (Lipinski definition) is 4. The molecule has 2 fully saturated rings. The minimum Gasteiger partial charge on any atom is -0.497 e. The first-order chi connectivity index (χ1) is 10.3. The van der Waals surface area contributed by atoms with E-state index in [1.807, 2.05) is 23.1 Å². The standard InChI is InChI=1S/C16H21NO4/c1-19-14-4-2-3-13(7-14)16(18)17-8-15(9-17)21-11-12-5-6-20-10-12/h2-4,7,12,15H,5-6,8-11H2,1H3. The molecular formula is C16H21NO4. The van der Waals surface area contributed by atoms with Gasteiger partial charge in [0.15, 0.2) is 0 Å². The van der Waals surface area contributed by atoms with E-state index >= 15 is 0 Å². The van der Waals surface area contributed by atoms with E-state index in [2.05, 4.69) is 0 Å². The molecule has 0 aliphatic carbocycles. The van der Waals surface area contributed by atoms with Crippen LogP contribution in [-0.2, 0) is 9.47 Å². The fourth-order valence-electron chi connectivity index (χ4n) is 2.63. The molecule has 0 radical (unpaired) electrons. The molecule has 2 saturated heterocycles. The SMILES string of the molecule is COc1cccc(C(=O)N2CC(OCC3CCOC3)C2)c1. The number of carbonyl (C=O) groups is 1. The molecule has 2 aliphatic heterocycles. The third-order valence-electron chi connectivity index (χ3n) is 4.04. The van der Waals surface area contributed by atoms with Crippen LogP contribution in [0.25, 0.3) is 0 Å². The first kappa shape index (κ1) is 14.4. The minimum absolute atomic E-state index is 0.0398. The molecule has 1 aromatic carbocycles. The molecule has 0 spiro atoms. The zero-order valence-electron chi connectivity index (χ0n) is 12.3. The van der Waals surface area contributed by atoms with Crippen LogP contribution in [0, 0.1) is 5.92 Å². The molecular weight excluding hydrogens is 270 g/mol. The van der Waals surface area contributed by atoms with E-state index in [-0.39, 0.29) is 12.0 Å². The molecule has 114 valence electrons. The molecule has 0 N–H and O–H groups in total. The summed E-state index contributed by atoms with van der Waals surface area (Å²) in [6, 6.07) is 7.25. The van der Waals surface area contributed by atoms with Gasteiger partial charge in [-0.2, -0.15) is 0 Å². The number of likely N-dealkylation sites (tertiary alicyclic amines) is 1. The second-order valence-corrected chi connectivity index (χ2v) is 5.63. The Morgan fingerprint density at radius 2 is 2.29 bits per heavy atom. The number of ether oxygens (including phenoxy) is 3. The molecule has 21 heavy (non-hydrogen) atoms. The third-order valence-corrected chi connectivity index (χ3v) is 4.04. The van der Waals surface area contributed by atoms with Gasteiger partial charge in [0.1, 0.15) is 5.75 Å². The summed E-state index contributed by atoms with van der Waals surface area (Å²) >= 11 is 0. The Morgan fingerprint density at radius 3 is 3.00 bits per heavy atom. The van der Waals surface area contributed by atoms with Crippen LogP contribution in [0.3, 0.4) is 0 Å². The first-order valence-corrected chi connectivity index (χ1v) is 7.39. The van der Waals surface area contributed by atoms with E-state index in [1.165, 1.54) is 0 Å². The molecule has 3 rings (SSSR count). The van der Waals surface area contributed by atoms with E-state index in [0.29, 0.717) is 30.3 Å². The molecule has 1 unspecified atom stereocenters. The van der Waals surface area contributed by atoms with Crippen LogP contribution in [0.5, 0.6) is 5.75 Å². The van der Waals surface area contributed by atoms with Crippen LogP contribution in [0.1, 0.15) is 16.8 Å². The average Bonchev–Trinajstić information content (AvgIpc) is 2.98. The van der Waals surface area contributed by atoms with E-state index in [0.717, 1.165) is 26.2 Å². The quantitative estimate of drug-likeness (QED) is 0.826. The lowest BCUT2D eigenvalue weighted by atomic mass is 10.1. The molecule has 1 aromatic rings. The van der Waals surface area contributed by atoms with Gasteiger partial charge in [0.25, 0.3) is 5.91 Å². The Balaban J connectivity index is 1.45. The van der Waals surface area contributed by atoms with Gasteiger partial charge in [0.05, 0.1) is 26.4 Å². The topological polar surface area (TPSA) is 48.0 Å². The van der Waals surface area contributed by atoms with Crippen molar-refractivity contribution in [1.82, 2.24) is 4.90 Å². The lowest BCUT2D eigenvalue weighted by Gasteiger charge is -2.39. The van der Waals surface area contributed by atoms with Crippen molar-refractivity contribution in [3.8, 4) is 5.75 Å². The van der Waals surface area contributed by atoms with Gasteiger partial charge in [-0.05, 0) is 24.6 Å². The second-order valence-electron chi connectivity index (χ2n) is 5.63. The first-order valence-electron chi connectivity index (χ1n) is 7.39. The lowest BCUT2D eigenvalue weighted by Crippen LogP contribution is -2.55. The number of rotatable bonds is 5. The van der Waals surface area contributed by atoms with Crippen LogP contribution in [0.2, 0.25) is 0 Å². The number of amides is 1. The van der Waals surface area contributed by atoms with E-state index in [9.17, 15) is 4.79 Å². The van der Waals surface area contributed by atoms with Crippen molar-refractivity contribution in [3.63, 3.8) is 0 Å². The summed E-state index contributed by atoms with van der Waals surface area (Å²) < 4.78 is 16.3. The highest BCUT2D eigenvalue weighted by molar-refractivity contribution is 5.95. The summed E-state index contributed by atoms with van der Waals surface area (Å²) in [6.07, 6.45) is 1.25. The summed E-state index contributed by atoms with van der Waals surface area (Å²) in [7, 11) is 1.60. The molecule has 2 aliphatic rings. The Morgan fingerprint density at radius 1 is 1.43 bits per heavy atom. The summed E-state index contributed by atoms with van der Waals surface area (Å²) in [5.41, 5.74) is 0.664. The van der Waals surface area contributed by atoms with E-state index in [4.69, 9.17) is 14.2 Å². The predicted molar refractivity (Wildman–Crippen MR) is 77.6 cm³/mol. The van der Waals surface area contributed by atoms with Crippen molar-refractivity contribution >= 4 is 5.91 Å². The van der Waals surface area contributed by atoms with Crippen LogP contribution >= 0.6 is 0 Å². The molecule has 2 heterocycles. The maximum atomic E-state index is 12.3. The number of carbonyl (C=O) groups excluding carboxylic acids is 1. The smallest absolute Gasteiger partial charge is 0.254 e. The Kier molecular flexibility index (Phi) is 4.41. The van der Waals surface area contributed by atoms with Gasteiger partial charge in [0, 0.05) is 31.2 Å². The second kappa shape index (κ2) is 6.45. The predicted octanol–water partition coefficient (Wildman–Crippen LogP) is 1.57. The third kappa shape index (κ3) is 3.36. The molecule has 0 bridgehead atoms. The highest BCUT2D eigenvalue weighted by Crippen LogP contribution is 2.20. The molecule has 5 heteroatoms. The van der Waals surface area contributed by atoms with Crippen molar-refractivity contribution < 1.29 is 19.0 Å². The number of methoxy groups -OCH3 is 1. The minimum atomic E-state index is 0.0398. The molecule has 1 amide bonds. The van der Waals surface area contributed by atoms with Gasteiger partial charge in [0.2, 0.25) is 0 Å². The van der Waals surface area contributed by atoms with Crippen LogP contribution in [0.15, 0.2) is 24.3 Å². The zero-order valence-corrected chi connectivity index (χ0v) is 12.3. The van der Waals surface area contributed by atoms with Crippen molar-refractivity contribution in [2.45, 2.75) is 12.5 Å². The largest absolute Gasteiger partial charge is 0.497 e. The van der Waals surface area contributed by atoms with Gasteiger partial charge in [-0.1, -0.05) is 6.07 Å². The Bertz CT molecular complexity index is 493. The summed E-state index contributed by atoms with van der Waals surface area (Å²) in [5, 5.41) is 0. The monoisotopic (exact) mass is 291 g/mol. The van der Waals surface area contributed by atoms with E-state index < -0.39 is 0 Å². The fourth-order valence-corrected chi connectivity index (χ4v) is 2.63. The van der Waals surface area contributed by atoms with E-state index in [1.54, 1.807) is 13.2 Å². The van der Waals surface area contributed by atoms with Crippen LogP contribution in [-0.4, -0.2) is 56.9 Å². The van der Waals surface area contributed by atoms with Crippen molar-refractivity contribution in [2.24, 2.45) is 5.92 Å². The molecule has 0 saturated carbocycles. The summed E-state index contributed by atoms with van der Waals surface area (Å²) in [6.45, 7) is 3.73.